The summed E-state index contributed by atoms with van der Waals surface area (Å²) in [4.78, 5) is 86.5. The molecule has 0 spiro atoms. The van der Waals surface area contributed by atoms with Gasteiger partial charge in [-0.1, -0.05) is 25.6 Å². The zero-order valence-electron chi connectivity index (χ0n) is 27.9. The summed E-state index contributed by atoms with van der Waals surface area (Å²) in [6.45, 7) is 0.0885. The lowest BCUT2D eigenvalue weighted by atomic mass is 9.87. The van der Waals surface area contributed by atoms with Crippen molar-refractivity contribution in [1.29, 1.82) is 0 Å². The van der Waals surface area contributed by atoms with Crippen LogP contribution in [0.25, 0.3) is 11.2 Å². The molecule has 1 fully saturated rings. The number of rotatable bonds is 21. The maximum Gasteiger partial charge on any atom is 0.481 e. The number of nitrogens with zero attached hydrogens (tertiary/aromatic N) is 4. The number of hydrogen-bond donors (Lipinski definition) is 10. The van der Waals surface area contributed by atoms with Crippen LogP contribution in [-0.4, -0.2) is 134 Å². The third kappa shape index (κ3) is 13.6. The normalized spacial score (nSPS) is 22.2. The molecule has 0 aliphatic carbocycles. The number of fused-ring (bicyclic) bond motifs is 1. The fourth-order valence-corrected chi connectivity index (χ4v) is 7.95. The van der Waals surface area contributed by atoms with Gasteiger partial charge in [-0.3, -0.25) is 32.5 Å². The van der Waals surface area contributed by atoms with Crippen molar-refractivity contribution in [3.8, 4) is 0 Å². The number of hydrogen-bond acceptors (Lipinski definition) is 19. The first-order chi connectivity index (χ1) is 24.6. The minimum Gasteiger partial charge on any atom is -0.396 e. The number of nitrogens with two attached hydrogens (primary N) is 1. The molecule has 3 rings (SSSR count). The van der Waals surface area contributed by atoms with Crippen LogP contribution in [-0.2, 0) is 50.7 Å². The Labute approximate surface area is 304 Å². The Bertz CT molecular complexity index is 1750. The molecule has 2 amide bonds. The Hall–Kier alpha value is -2.48. The lowest BCUT2D eigenvalue weighted by Crippen LogP contribution is -2.46. The van der Waals surface area contributed by atoms with Crippen LogP contribution < -0.4 is 16.4 Å². The SMILES string of the molecule is CC(C)(COP(=O)(O)OP(=O)(O)OCC1OC(n2cnc3c(N)ncnc32)C(O)C1OP(=O)(O)O)C(O)C(=O)NCCC(=O)NCCSC(=O)CCO. The van der Waals surface area contributed by atoms with Crippen LogP contribution in [0.1, 0.15) is 32.9 Å². The van der Waals surface area contributed by atoms with Gasteiger partial charge >= 0.3 is 23.5 Å². The van der Waals surface area contributed by atoms with Gasteiger partial charge in [-0.05, 0) is 0 Å². The number of carbonyl (C=O) groups is 3. The summed E-state index contributed by atoms with van der Waals surface area (Å²) < 4.78 is 61.9. The highest BCUT2D eigenvalue weighted by atomic mass is 32.2. The lowest BCUT2D eigenvalue weighted by molar-refractivity contribution is -0.137. The summed E-state index contributed by atoms with van der Waals surface area (Å²) >= 11 is 0.935. The van der Waals surface area contributed by atoms with Gasteiger partial charge in [0, 0.05) is 37.1 Å². The lowest BCUT2D eigenvalue weighted by Gasteiger charge is -2.30. The van der Waals surface area contributed by atoms with E-state index in [2.05, 4.69) is 34.4 Å². The zero-order chi connectivity index (χ0) is 39.8. The van der Waals surface area contributed by atoms with Crippen LogP contribution in [0.15, 0.2) is 12.7 Å². The topological polar surface area (TPSA) is 384 Å². The Kier molecular flexibility index (Phi) is 16.0. The monoisotopic (exact) mass is 839 g/mol. The highest BCUT2D eigenvalue weighted by molar-refractivity contribution is 8.13. The molecule has 7 atom stereocenters. The maximum absolute atomic E-state index is 12.6. The molecule has 1 aliphatic heterocycles. The average molecular weight is 840 g/mol. The van der Waals surface area contributed by atoms with E-state index in [0.717, 1.165) is 29.0 Å². The highest BCUT2D eigenvalue weighted by Crippen LogP contribution is 2.61. The van der Waals surface area contributed by atoms with Gasteiger partial charge in [0.25, 0.3) is 0 Å². The van der Waals surface area contributed by atoms with Crippen LogP contribution in [0.5, 0.6) is 0 Å². The number of carbonyl (C=O) groups excluding carboxylic acids is 3. The Morgan fingerprint density at radius 2 is 1.74 bits per heavy atom. The fraction of sp³-hybridized carbons (Fsp3) is 0.667. The van der Waals surface area contributed by atoms with Gasteiger partial charge in [0.15, 0.2) is 22.8 Å². The van der Waals surface area contributed by atoms with Gasteiger partial charge in [-0.2, -0.15) is 4.31 Å². The molecule has 1 aliphatic rings. The summed E-state index contributed by atoms with van der Waals surface area (Å²) in [5.74, 6) is -1.24. The molecule has 29 heteroatoms. The smallest absolute Gasteiger partial charge is 0.396 e. The van der Waals surface area contributed by atoms with E-state index in [1.54, 1.807) is 0 Å². The minimum atomic E-state index is -5.57. The summed E-state index contributed by atoms with van der Waals surface area (Å²) in [6.07, 6.45) is -6.99. The largest absolute Gasteiger partial charge is 0.481 e. The third-order valence-electron chi connectivity index (χ3n) is 7.08. The standard InChI is InChI=1S/C24H40N7O18P3S/c1-24(2,19(36)22(37)27-5-3-14(33)26-6-8-53-15(34)4-7-32)10-46-52(43,44)49-51(41,42)45-9-13-18(48-50(38,39)40)17(35)23(47-13)31-12-30-16-20(25)28-11-29-21(16)31/h11-13,17-19,23,32,35-36H,3-10H2,1-2H3,(H,26,33)(H,27,37)(H,41,42)(H,43,44)(H2,25,28,29)(H2,38,39,40). The van der Waals surface area contributed by atoms with Gasteiger partial charge in [-0.15, -0.1) is 0 Å². The van der Waals surface area contributed by atoms with Gasteiger partial charge in [-0.25, -0.2) is 28.6 Å². The highest BCUT2D eigenvalue weighted by Gasteiger charge is 2.50. The van der Waals surface area contributed by atoms with Crippen LogP contribution in [0, 0.1) is 5.41 Å². The molecule has 1 saturated heterocycles. The first kappa shape index (κ1) is 44.9. The van der Waals surface area contributed by atoms with Crippen LogP contribution in [0.4, 0.5) is 5.82 Å². The number of imidazole rings is 1. The van der Waals surface area contributed by atoms with Crippen molar-refractivity contribution >= 4 is 69.1 Å². The van der Waals surface area contributed by atoms with E-state index in [0.29, 0.717) is 0 Å². The van der Waals surface area contributed by atoms with Crippen molar-refractivity contribution in [1.82, 2.24) is 30.2 Å². The number of ether oxygens (including phenoxy) is 1. The molecule has 11 N–H and O–H groups in total. The fourth-order valence-electron chi connectivity index (χ4n) is 4.46. The Balaban J connectivity index is 1.52. The number of nitrogens with one attached hydrogen (secondary N) is 2. The van der Waals surface area contributed by atoms with Crippen LogP contribution >= 0.6 is 35.2 Å². The molecule has 25 nitrogen and oxygen atoms in total. The predicted octanol–water partition coefficient (Wildman–Crippen LogP) is -1.95. The number of aliphatic hydroxyl groups excluding tert-OH is 3. The van der Waals surface area contributed by atoms with Crippen molar-refractivity contribution in [2.24, 2.45) is 5.41 Å². The van der Waals surface area contributed by atoms with E-state index in [1.165, 1.54) is 13.8 Å². The molecule has 3 heterocycles. The average Bonchev–Trinajstić information content (AvgIpc) is 3.61. The maximum atomic E-state index is 12.6. The second-order valence-electron chi connectivity index (χ2n) is 11.8. The van der Waals surface area contributed by atoms with Gasteiger partial charge in [0.2, 0.25) is 11.8 Å². The number of aromatic nitrogens is 4. The minimum absolute atomic E-state index is 0.0134. The molecule has 2 aromatic rings. The molecule has 2 aromatic heterocycles. The number of nitrogen functional groups attached to an aromatic ring is 1. The molecule has 0 bridgehead atoms. The van der Waals surface area contributed by atoms with Gasteiger partial charge < -0.3 is 56.0 Å². The number of phosphoric ester groups is 3. The number of aliphatic hydroxyl groups is 3. The molecular formula is C24H40N7O18P3S. The molecule has 0 saturated carbocycles. The quantitative estimate of drug-likeness (QED) is 0.0482. The molecule has 7 unspecified atom stereocenters. The predicted molar refractivity (Wildman–Crippen MR) is 179 cm³/mol. The summed E-state index contributed by atoms with van der Waals surface area (Å²) in [6, 6.07) is 0. The van der Waals surface area contributed by atoms with Crippen LogP contribution in [0.3, 0.4) is 0 Å². The van der Waals surface area contributed by atoms with Crippen LogP contribution in [0.2, 0.25) is 0 Å². The number of thioether (sulfide) groups is 1. The van der Waals surface area contributed by atoms with Crippen molar-refractivity contribution in [3.05, 3.63) is 12.7 Å². The molecule has 300 valence electrons. The van der Waals surface area contributed by atoms with E-state index in [-0.39, 0.29) is 60.4 Å². The molecular weight excluding hydrogens is 799 g/mol. The number of amides is 2. The van der Waals surface area contributed by atoms with E-state index in [4.69, 9.17) is 24.6 Å². The van der Waals surface area contributed by atoms with Crippen molar-refractivity contribution < 1.29 is 85.6 Å². The van der Waals surface area contributed by atoms with Crippen molar-refractivity contribution in [2.75, 3.05) is 44.4 Å². The molecule has 0 aromatic carbocycles. The van der Waals surface area contributed by atoms with E-state index in [9.17, 15) is 57.9 Å². The van der Waals surface area contributed by atoms with E-state index < -0.39 is 84.6 Å². The molecule has 0 radical (unpaired) electrons. The third-order valence-corrected chi connectivity index (χ3v) is 11.1. The van der Waals surface area contributed by atoms with E-state index in [1.807, 2.05) is 0 Å². The number of anilines is 1. The van der Waals surface area contributed by atoms with Gasteiger partial charge in [0.05, 0.1) is 26.1 Å². The second-order valence-corrected chi connectivity index (χ2v) is 17.2. The summed E-state index contributed by atoms with van der Waals surface area (Å²) in [7, 11) is -16.4. The second kappa shape index (κ2) is 18.9. The zero-order valence-corrected chi connectivity index (χ0v) is 31.4. The van der Waals surface area contributed by atoms with Crippen molar-refractivity contribution in [2.45, 2.75) is 57.3 Å². The number of phosphoric acid groups is 3. The Morgan fingerprint density at radius 1 is 1.06 bits per heavy atom. The summed E-state index contributed by atoms with van der Waals surface area (Å²) in [5, 5.41) is 34.6. The first-order valence-electron chi connectivity index (χ1n) is 15.2. The summed E-state index contributed by atoms with van der Waals surface area (Å²) in [5.41, 5.74) is 4.23. The van der Waals surface area contributed by atoms with Crippen molar-refractivity contribution in [3.63, 3.8) is 0 Å². The van der Waals surface area contributed by atoms with Gasteiger partial charge in [0.1, 0.15) is 36.3 Å². The first-order valence-corrected chi connectivity index (χ1v) is 20.7. The Morgan fingerprint density at radius 3 is 2.40 bits per heavy atom. The molecule has 53 heavy (non-hydrogen) atoms. The van der Waals surface area contributed by atoms with E-state index >= 15 is 0 Å².